The van der Waals surface area contributed by atoms with Crippen molar-refractivity contribution in [1.82, 2.24) is 4.98 Å². The Balaban J connectivity index is 1.76. The van der Waals surface area contributed by atoms with Gasteiger partial charge in [0.05, 0.1) is 22.8 Å². The molecule has 1 aliphatic carbocycles. The molecule has 0 bridgehead atoms. The van der Waals surface area contributed by atoms with Gasteiger partial charge in [-0.25, -0.2) is 0 Å². The predicted octanol–water partition coefficient (Wildman–Crippen LogP) is 3.67. The van der Waals surface area contributed by atoms with Crippen LogP contribution in [0.25, 0.3) is 0 Å². The number of aromatic nitrogens is 1. The van der Waals surface area contributed by atoms with Crippen molar-refractivity contribution in [2.24, 2.45) is 0 Å². The van der Waals surface area contributed by atoms with Gasteiger partial charge in [0.2, 0.25) is 0 Å². The Bertz CT molecular complexity index is 798. The van der Waals surface area contributed by atoms with Crippen LogP contribution in [0.15, 0.2) is 30.6 Å². The van der Waals surface area contributed by atoms with Gasteiger partial charge in [-0.1, -0.05) is 23.2 Å². The van der Waals surface area contributed by atoms with E-state index in [-0.39, 0.29) is 27.3 Å². The molecule has 1 aliphatic heterocycles. The molecule has 2 aromatic rings. The van der Waals surface area contributed by atoms with Crippen LogP contribution in [0.1, 0.15) is 23.2 Å². The number of aromatic hydroxyl groups is 1. The number of hydrogen-bond donors (Lipinski definition) is 1. The van der Waals surface area contributed by atoms with Crippen molar-refractivity contribution in [1.29, 1.82) is 0 Å². The molecule has 7 heteroatoms. The highest BCUT2D eigenvalue weighted by Gasteiger charge is 2.51. The van der Waals surface area contributed by atoms with Crippen LogP contribution in [-0.4, -0.2) is 28.1 Å². The normalized spacial score (nSPS) is 17.6. The van der Waals surface area contributed by atoms with Crippen LogP contribution in [0, 0.1) is 0 Å². The summed E-state index contributed by atoms with van der Waals surface area (Å²) in [4.78, 5) is 18.6. The van der Waals surface area contributed by atoms with E-state index in [1.54, 1.807) is 23.4 Å². The van der Waals surface area contributed by atoms with Crippen molar-refractivity contribution in [2.75, 3.05) is 11.4 Å². The lowest BCUT2D eigenvalue weighted by atomic mass is 10.1. The fraction of sp³-hybridized carbons (Fsp3) is 0.250. The molecule has 1 aromatic heterocycles. The van der Waals surface area contributed by atoms with Crippen LogP contribution in [0.2, 0.25) is 10.0 Å². The number of carbonyl (C=O) groups excluding carboxylic acids is 1. The Morgan fingerprint density at radius 1 is 1.30 bits per heavy atom. The largest absolute Gasteiger partial charge is 0.505 e. The van der Waals surface area contributed by atoms with Gasteiger partial charge >= 0.3 is 0 Å². The smallest absolute Gasteiger partial charge is 0.258 e. The minimum atomic E-state index is -0.297. The number of amides is 1. The van der Waals surface area contributed by atoms with Gasteiger partial charge in [0, 0.05) is 17.8 Å². The van der Waals surface area contributed by atoms with Gasteiger partial charge in [0.25, 0.3) is 5.91 Å². The number of rotatable bonds is 1. The number of benzene rings is 1. The van der Waals surface area contributed by atoms with Crippen LogP contribution in [0.5, 0.6) is 11.5 Å². The number of carbonyl (C=O) groups is 1. The fourth-order valence-corrected chi connectivity index (χ4v) is 3.21. The summed E-state index contributed by atoms with van der Waals surface area (Å²) in [5.74, 6) is 0.165. The second-order valence-electron chi connectivity index (χ2n) is 5.81. The first-order valence-corrected chi connectivity index (χ1v) is 7.88. The number of hydrogen-bond acceptors (Lipinski definition) is 4. The van der Waals surface area contributed by atoms with E-state index < -0.39 is 0 Å². The van der Waals surface area contributed by atoms with Crippen LogP contribution in [0.3, 0.4) is 0 Å². The molecule has 0 atom stereocenters. The number of phenolic OH excluding ortho intramolecular Hbond substituents is 1. The highest BCUT2D eigenvalue weighted by molar-refractivity contribution is 6.37. The summed E-state index contributed by atoms with van der Waals surface area (Å²) in [6.07, 6.45) is 5.06. The maximum atomic E-state index is 12.9. The number of anilines is 1. The van der Waals surface area contributed by atoms with E-state index in [0.29, 0.717) is 23.5 Å². The monoisotopic (exact) mass is 350 g/mol. The summed E-state index contributed by atoms with van der Waals surface area (Å²) in [5, 5.41) is 9.74. The molecular formula is C16H12Cl2N2O3. The summed E-state index contributed by atoms with van der Waals surface area (Å²) in [6.45, 7) is 0.459. The van der Waals surface area contributed by atoms with E-state index in [1.807, 2.05) is 0 Å². The van der Waals surface area contributed by atoms with Gasteiger partial charge < -0.3 is 9.84 Å². The number of halogens is 2. The molecule has 118 valence electrons. The number of ether oxygens (including phenoxy) is 1. The van der Waals surface area contributed by atoms with E-state index in [1.165, 1.54) is 12.1 Å². The molecule has 1 amide bonds. The summed E-state index contributed by atoms with van der Waals surface area (Å²) < 4.78 is 5.99. The SMILES string of the molecule is O=C(c1cc(Cl)c(O)c(Cl)c1)N1CC2(CC2)Oc2ccncc21. The van der Waals surface area contributed by atoms with Crippen molar-refractivity contribution in [2.45, 2.75) is 18.4 Å². The van der Waals surface area contributed by atoms with Gasteiger partial charge in [-0.15, -0.1) is 0 Å². The standard InChI is InChI=1S/C16H12Cl2N2O3/c17-10-5-9(6-11(18)14(10)21)15(22)20-8-16(2-3-16)23-13-1-4-19-7-12(13)20/h1,4-7,21H,2-3,8H2. The van der Waals surface area contributed by atoms with Gasteiger partial charge in [0.15, 0.2) is 5.75 Å². The maximum absolute atomic E-state index is 12.9. The van der Waals surface area contributed by atoms with Gasteiger partial charge in [-0.3, -0.25) is 14.7 Å². The lowest BCUT2D eigenvalue weighted by molar-refractivity contribution is 0.0943. The lowest BCUT2D eigenvalue weighted by Crippen LogP contribution is -2.45. The third-order valence-electron chi connectivity index (χ3n) is 4.14. The second-order valence-corrected chi connectivity index (χ2v) is 6.62. The molecule has 1 fully saturated rings. The third kappa shape index (κ3) is 2.40. The summed E-state index contributed by atoms with van der Waals surface area (Å²) in [5.41, 5.74) is 0.634. The van der Waals surface area contributed by atoms with Crippen LogP contribution in [0.4, 0.5) is 5.69 Å². The predicted molar refractivity (Wildman–Crippen MR) is 86.6 cm³/mol. The molecule has 0 unspecified atom stereocenters. The number of phenols is 1. The molecule has 2 aliphatic rings. The first kappa shape index (κ1) is 14.6. The number of fused-ring (bicyclic) bond motifs is 1. The van der Waals surface area contributed by atoms with Gasteiger partial charge in [-0.05, 0) is 25.0 Å². The van der Waals surface area contributed by atoms with E-state index in [0.717, 1.165) is 12.8 Å². The molecule has 2 heterocycles. The molecule has 0 radical (unpaired) electrons. The molecule has 1 saturated carbocycles. The van der Waals surface area contributed by atoms with Gasteiger partial charge in [-0.2, -0.15) is 0 Å². The zero-order chi connectivity index (χ0) is 16.2. The maximum Gasteiger partial charge on any atom is 0.258 e. The average molecular weight is 351 g/mol. The Kier molecular flexibility index (Phi) is 3.18. The van der Waals surface area contributed by atoms with E-state index in [4.69, 9.17) is 27.9 Å². The topological polar surface area (TPSA) is 62.7 Å². The minimum absolute atomic E-state index is 0.0432. The molecule has 0 saturated heterocycles. The quantitative estimate of drug-likeness (QED) is 0.852. The average Bonchev–Trinajstić information content (AvgIpc) is 3.29. The highest BCUT2D eigenvalue weighted by atomic mass is 35.5. The van der Waals surface area contributed by atoms with Crippen molar-refractivity contribution >= 4 is 34.8 Å². The Hall–Kier alpha value is -1.98. The van der Waals surface area contributed by atoms with E-state index in [2.05, 4.69) is 4.98 Å². The number of nitrogens with zero attached hydrogens (tertiary/aromatic N) is 2. The van der Waals surface area contributed by atoms with Crippen molar-refractivity contribution < 1.29 is 14.6 Å². The van der Waals surface area contributed by atoms with Gasteiger partial charge in [0.1, 0.15) is 17.0 Å². The zero-order valence-corrected chi connectivity index (χ0v) is 13.4. The van der Waals surface area contributed by atoms with Crippen molar-refractivity contribution in [3.05, 3.63) is 46.2 Å². The van der Waals surface area contributed by atoms with Crippen LogP contribution >= 0.6 is 23.2 Å². The second kappa shape index (κ2) is 5.01. The Morgan fingerprint density at radius 2 is 2.00 bits per heavy atom. The number of pyridine rings is 1. The lowest BCUT2D eigenvalue weighted by Gasteiger charge is -2.35. The van der Waals surface area contributed by atoms with E-state index >= 15 is 0 Å². The highest BCUT2D eigenvalue weighted by Crippen LogP contribution is 2.48. The third-order valence-corrected chi connectivity index (χ3v) is 4.72. The molecule has 23 heavy (non-hydrogen) atoms. The molecular weight excluding hydrogens is 339 g/mol. The molecule has 1 aromatic carbocycles. The fourth-order valence-electron chi connectivity index (χ4n) is 2.73. The van der Waals surface area contributed by atoms with Crippen molar-refractivity contribution in [3.63, 3.8) is 0 Å². The van der Waals surface area contributed by atoms with E-state index in [9.17, 15) is 9.90 Å². The zero-order valence-electron chi connectivity index (χ0n) is 11.9. The summed E-state index contributed by atoms with van der Waals surface area (Å²) >= 11 is 11.9. The molecule has 1 N–H and O–H groups in total. The molecule has 1 spiro atoms. The summed E-state index contributed by atoms with van der Waals surface area (Å²) in [7, 11) is 0. The molecule has 4 rings (SSSR count). The minimum Gasteiger partial charge on any atom is -0.505 e. The molecule has 5 nitrogen and oxygen atoms in total. The first-order chi connectivity index (χ1) is 11.0. The summed E-state index contributed by atoms with van der Waals surface area (Å²) in [6, 6.07) is 4.58. The first-order valence-electron chi connectivity index (χ1n) is 7.12. The van der Waals surface area contributed by atoms with Crippen LogP contribution in [-0.2, 0) is 0 Å². The van der Waals surface area contributed by atoms with Crippen LogP contribution < -0.4 is 9.64 Å². The Morgan fingerprint density at radius 3 is 2.65 bits per heavy atom. The Labute approximate surface area is 142 Å². The van der Waals surface area contributed by atoms with Crippen molar-refractivity contribution in [3.8, 4) is 11.5 Å².